The Morgan fingerprint density at radius 2 is 1.80 bits per heavy atom. The predicted molar refractivity (Wildman–Crippen MR) is 78.2 cm³/mol. The number of hydrogen-bond donors (Lipinski definition) is 2. The van der Waals surface area contributed by atoms with Crippen LogP contribution in [0.3, 0.4) is 0 Å². The Bertz CT molecular complexity index is 577. The number of primary sulfonamides is 1. The zero-order valence-corrected chi connectivity index (χ0v) is 13.1. The van der Waals surface area contributed by atoms with Gasteiger partial charge >= 0.3 is 0 Å². The van der Waals surface area contributed by atoms with E-state index in [9.17, 15) is 8.42 Å². The van der Waals surface area contributed by atoms with E-state index in [1.807, 2.05) is 20.8 Å². The van der Waals surface area contributed by atoms with E-state index in [0.29, 0.717) is 24.5 Å². The molecular formula is C13H22N2O4S. The topological polar surface area (TPSA) is 105 Å². The maximum absolute atomic E-state index is 11.5. The van der Waals surface area contributed by atoms with Crippen molar-refractivity contribution in [1.82, 2.24) is 0 Å². The Balaban J connectivity index is 2.84. The fraction of sp³-hybridized carbons (Fsp3) is 0.538. The van der Waals surface area contributed by atoms with Crippen LogP contribution in [-0.4, -0.2) is 27.2 Å². The van der Waals surface area contributed by atoms with Gasteiger partial charge in [-0.3, -0.25) is 0 Å². The Hall–Kier alpha value is -1.31. The summed E-state index contributed by atoms with van der Waals surface area (Å²) >= 11 is 0. The van der Waals surface area contributed by atoms with Crippen molar-refractivity contribution in [3.8, 4) is 5.75 Å². The molecule has 0 saturated heterocycles. The van der Waals surface area contributed by atoms with E-state index in [-0.39, 0.29) is 16.2 Å². The van der Waals surface area contributed by atoms with Crippen molar-refractivity contribution >= 4 is 15.7 Å². The highest BCUT2D eigenvalue weighted by Gasteiger charge is 2.16. The van der Waals surface area contributed by atoms with E-state index in [0.717, 1.165) is 0 Å². The molecule has 0 spiro atoms. The first-order valence-corrected chi connectivity index (χ1v) is 7.75. The fourth-order valence-corrected chi connectivity index (χ4v) is 2.45. The number of nitrogens with two attached hydrogens (primary N) is 2. The summed E-state index contributed by atoms with van der Waals surface area (Å²) < 4.78 is 34.0. The molecule has 0 atom stereocenters. The van der Waals surface area contributed by atoms with Crippen LogP contribution in [0.4, 0.5) is 5.69 Å². The lowest BCUT2D eigenvalue weighted by Gasteiger charge is -2.20. The third kappa shape index (κ3) is 4.99. The normalized spacial score (nSPS) is 12.4. The molecule has 6 nitrogen and oxygen atoms in total. The van der Waals surface area contributed by atoms with Gasteiger partial charge in [0.1, 0.15) is 12.4 Å². The molecule has 0 aliphatic rings. The molecule has 1 aromatic carbocycles. The maximum atomic E-state index is 11.5. The van der Waals surface area contributed by atoms with E-state index in [1.165, 1.54) is 6.07 Å². The maximum Gasteiger partial charge on any atom is 0.238 e. The monoisotopic (exact) mass is 302 g/mol. The van der Waals surface area contributed by atoms with Crippen LogP contribution in [0.2, 0.25) is 0 Å². The van der Waals surface area contributed by atoms with Gasteiger partial charge in [-0.05, 0) is 33.8 Å². The van der Waals surface area contributed by atoms with Crippen LogP contribution >= 0.6 is 0 Å². The molecular weight excluding hydrogens is 280 g/mol. The van der Waals surface area contributed by atoms with Crippen LogP contribution in [0.15, 0.2) is 17.0 Å². The summed E-state index contributed by atoms with van der Waals surface area (Å²) in [6.07, 6.45) is 0. The Kier molecular flexibility index (Phi) is 5.01. The number of benzene rings is 1. The minimum atomic E-state index is -3.82. The molecule has 0 aliphatic carbocycles. The molecule has 0 aliphatic heterocycles. The number of sulfonamides is 1. The first-order chi connectivity index (χ1) is 9.00. The summed E-state index contributed by atoms with van der Waals surface area (Å²) in [7, 11) is -3.82. The Morgan fingerprint density at radius 1 is 1.20 bits per heavy atom. The highest BCUT2D eigenvalue weighted by atomic mass is 32.2. The number of rotatable bonds is 5. The molecule has 0 heterocycles. The molecule has 7 heteroatoms. The van der Waals surface area contributed by atoms with Gasteiger partial charge in [-0.25, -0.2) is 13.6 Å². The second-order valence-corrected chi connectivity index (χ2v) is 7.03. The van der Waals surface area contributed by atoms with Crippen LogP contribution in [0.1, 0.15) is 26.3 Å². The first-order valence-electron chi connectivity index (χ1n) is 6.20. The van der Waals surface area contributed by atoms with Crippen molar-refractivity contribution in [1.29, 1.82) is 0 Å². The van der Waals surface area contributed by atoms with Crippen molar-refractivity contribution in [3.63, 3.8) is 0 Å². The van der Waals surface area contributed by atoms with Crippen LogP contribution in [0.5, 0.6) is 5.75 Å². The molecule has 0 saturated carbocycles. The van der Waals surface area contributed by atoms with Crippen molar-refractivity contribution in [3.05, 3.63) is 17.7 Å². The second-order valence-electron chi connectivity index (χ2n) is 5.50. The zero-order valence-electron chi connectivity index (χ0n) is 12.3. The van der Waals surface area contributed by atoms with Gasteiger partial charge in [-0.15, -0.1) is 0 Å². The third-order valence-electron chi connectivity index (χ3n) is 2.52. The van der Waals surface area contributed by atoms with Gasteiger partial charge in [0.05, 0.1) is 17.1 Å². The fourth-order valence-electron chi connectivity index (χ4n) is 1.63. The Labute approximate surface area is 120 Å². The van der Waals surface area contributed by atoms with Gasteiger partial charge in [0.2, 0.25) is 10.0 Å². The quantitative estimate of drug-likeness (QED) is 0.632. The van der Waals surface area contributed by atoms with Crippen molar-refractivity contribution in [2.45, 2.75) is 38.2 Å². The van der Waals surface area contributed by atoms with Crippen molar-refractivity contribution in [2.75, 3.05) is 18.9 Å². The third-order valence-corrected chi connectivity index (χ3v) is 3.55. The molecule has 0 amide bonds. The highest BCUT2D eigenvalue weighted by molar-refractivity contribution is 7.89. The molecule has 1 aromatic rings. The average molecular weight is 302 g/mol. The van der Waals surface area contributed by atoms with Gasteiger partial charge in [0.15, 0.2) is 0 Å². The summed E-state index contributed by atoms with van der Waals surface area (Å²) in [6.45, 7) is 8.14. The highest BCUT2D eigenvalue weighted by Crippen LogP contribution is 2.28. The van der Waals surface area contributed by atoms with Gasteiger partial charge in [-0.1, -0.05) is 0 Å². The zero-order chi connectivity index (χ0) is 15.6. The number of nitrogen functional groups attached to an aromatic ring is 1. The standard InChI is InChI=1S/C13H22N2O4S/c1-9-11(18-5-6-19-13(2,3)4)7-10(14)8-12(9)20(15,16)17/h7-8H,5-6,14H2,1-4H3,(H2,15,16,17). The van der Waals surface area contributed by atoms with Crippen molar-refractivity contribution in [2.24, 2.45) is 5.14 Å². The summed E-state index contributed by atoms with van der Waals surface area (Å²) in [5.41, 5.74) is 6.14. The first kappa shape index (κ1) is 16.7. The minimum absolute atomic E-state index is 0.0239. The smallest absolute Gasteiger partial charge is 0.238 e. The van der Waals surface area contributed by atoms with E-state index in [1.54, 1.807) is 13.0 Å². The number of hydrogen-bond acceptors (Lipinski definition) is 5. The molecule has 0 unspecified atom stereocenters. The van der Waals surface area contributed by atoms with E-state index in [4.69, 9.17) is 20.3 Å². The molecule has 0 bridgehead atoms. The lowest BCUT2D eigenvalue weighted by molar-refractivity contribution is -0.0163. The average Bonchev–Trinajstić information content (AvgIpc) is 2.25. The molecule has 0 aromatic heterocycles. The van der Waals surface area contributed by atoms with Crippen LogP contribution in [-0.2, 0) is 14.8 Å². The summed E-state index contributed by atoms with van der Waals surface area (Å²) in [5, 5.41) is 5.14. The van der Waals surface area contributed by atoms with Gasteiger partial charge in [-0.2, -0.15) is 0 Å². The van der Waals surface area contributed by atoms with E-state index >= 15 is 0 Å². The predicted octanol–water partition coefficient (Wildman–Crippen LogP) is 1.42. The van der Waals surface area contributed by atoms with Crippen LogP contribution in [0, 0.1) is 6.92 Å². The summed E-state index contributed by atoms with van der Waals surface area (Å²) in [6, 6.07) is 2.89. The van der Waals surface area contributed by atoms with E-state index in [2.05, 4.69) is 0 Å². The second kappa shape index (κ2) is 5.99. The largest absolute Gasteiger partial charge is 0.491 e. The minimum Gasteiger partial charge on any atom is -0.491 e. The lowest BCUT2D eigenvalue weighted by atomic mass is 10.2. The molecule has 0 fully saturated rings. The molecule has 4 N–H and O–H groups in total. The van der Waals surface area contributed by atoms with Crippen LogP contribution in [0.25, 0.3) is 0 Å². The number of ether oxygens (including phenoxy) is 2. The Morgan fingerprint density at radius 3 is 2.30 bits per heavy atom. The van der Waals surface area contributed by atoms with Crippen molar-refractivity contribution < 1.29 is 17.9 Å². The molecule has 1 rings (SSSR count). The van der Waals surface area contributed by atoms with Gasteiger partial charge in [0.25, 0.3) is 0 Å². The van der Waals surface area contributed by atoms with Gasteiger partial charge < -0.3 is 15.2 Å². The van der Waals surface area contributed by atoms with Crippen LogP contribution < -0.4 is 15.6 Å². The summed E-state index contributed by atoms with van der Waals surface area (Å²) in [5.74, 6) is 0.395. The molecule has 114 valence electrons. The lowest BCUT2D eigenvalue weighted by Crippen LogP contribution is -2.22. The number of anilines is 1. The van der Waals surface area contributed by atoms with E-state index < -0.39 is 10.0 Å². The molecule has 20 heavy (non-hydrogen) atoms. The SMILES string of the molecule is Cc1c(OCCOC(C)(C)C)cc(N)cc1S(N)(=O)=O. The molecule has 0 radical (unpaired) electrons. The summed E-state index contributed by atoms with van der Waals surface area (Å²) in [4.78, 5) is -0.0239. The van der Waals surface area contributed by atoms with Gasteiger partial charge in [0, 0.05) is 17.3 Å².